The van der Waals surface area contributed by atoms with E-state index in [2.05, 4.69) is 17.7 Å². The van der Waals surface area contributed by atoms with Gasteiger partial charge in [0.1, 0.15) is 6.10 Å². The van der Waals surface area contributed by atoms with Crippen LogP contribution in [0.4, 0.5) is 13.2 Å². The Bertz CT molecular complexity index is 948. The summed E-state index contributed by atoms with van der Waals surface area (Å²) in [5, 5.41) is 0. The van der Waals surface area contributed by atoms with E-state index in [4.69, 9.17) is 4.74 Å². The molecule has 0 aromatic rings. The maximum Gasteiger partial charge on any atom is 0.450 e. The summed E-state index contributed by atoms with van der Waals surface area (Å²) in [7, 11) is 0. The maximum absolute atomic E-state index is 13.7. The minimum absolute atomic E-state index is 0.0199. The molecule has 0 spiro atoms. The lowest BCUT2D eigenvalue weighted by atomic mass is 9.48. The number of rotatable bonds is 2. The Hall–Kier alpha value is -2.12. The van der Waals surface area contributed by atoms with Gasteiger partial charge in [-0.05, 0) is 61.7 Å². The molecule has 0 N–H and O–H groups in total. The van der Waals surface area contributed by atoms with Gasteiger partial charge in [-0.2, -0.15) is 13.2 Å². The molecule has 182 valence electrons. The van der Waals surface area contributed by atoms with Crippen LogP contribution in [0.15, 0.2) is 23.0 Å². The summed E-state index contributed by atoms with van der Waals surface area (Å²) in [6.07, 6.45) is 1.38. The number of carbonyl (C=O) groups is 3. The molecule has 33 heavy (non-hydrogen) atoms. The lowest BCUT2D eigenvalue weighted by Gasteiger charge is -2.56. The number of esters is 2. The van der Waals surface area contributed by atoms with E-state index in [0.29, 0.717) is 19.3 Å². The number of alkyl halides is 3. The van der Waals surface area contributed by atoms with Crippen molar-refractivity contribution in [3.63, 3.8) is 0 Å². The lowest BCUT2D eigenvalue weighted by Crippen LogP contribution is -2.50. The third kappa shape index (κ3) is 3.93. The first-order valence-corrected chi connectivity index (χ1v) is 11.7. The lowest BCUT2D eigenvalue weighted by molar-refractivity contribution is -0.159. The number of halogens is 3. The Balaban J connectivity index is 1.67. The molecule has 0 bridgehead atoms. The van der Waals surface area contributed by atoms with Crippen LogP contribution >= 0.6 is 0 Å². The number of fused-ring (bicyclic) bond motifs is 5. The van der Waals surface area contributed by atoms with Gasteiger partial charge in [-0.1, -0.05) is 25.5 Å². The molecular weight excluding hydrogens is 437 g/mol. The second-order valence-corrected chi connectivity index (χ2v) is 10.6. The van der Waals surface area contributed by atoms with Gasteiger partial charge >= 0.3 is 18.1 Å². The van der Waals surface area contributed by atoms with Crippen LogP contribution < -0.4 is 0 Å². The van der Waals surface area contributed by atoms with Crippen molar-refractivity contribution >= 4 is 17.7 Å². The minimum atomic E-state index is -4.90. The van der Waals surface area contributed by atoms with Crippen molar-refractivity contribution in [2.24, 2.45) is 28.6 Å². The highest BCUT2D eigenvalue weighted by Gasteiger charge is 2.61. The number of Topliss-reactive ketones (excluding diaryl/α,β-unsaturated/α-hetero) is 1. The van der Waals surface area contributed by atoms with Crippen LogP contribution in [-0.2, 0) is 23.9 Å². The van der Waals surface area contributed by atoms with Crippen LogP contribution in [-0.4, -0.2) is 30.0 Å². The van der Waals surface area contributed by atoms with Crippen LogP contribution in [0, 0.1) is 28.6 Å². The van der Waals surface area contributed by atoms with Gasteiger partial charge in [-0.15, -0.1) is 0 Å². The van der Waals surface area contributed by atoms with E-state index < -0.39 is 29.1 Å². The number of allylic oxidation sites excluding steroid dienone is 3. The van der Waals surface area contributed by atoms with Gasteiger partial charge in [0, 0.05) is 31.3 Å². The predicted molar refractivity (Wildman–Crippen MR) is 112 cm³/mol. The fourth-order valence-electron chi connectivity index (χ4n) is 7.23. The third-order valence-electron chi connectivity index (χ3n) is 8.78. The molecule has 4 aliphatic rings. The van der Waals surface area contributed by atoms with Gasteiger partial charge < -0.3 is 9.47 Å². The number of ketones is 1. The zero-order valence-electron chi connectivity index (χ0n) is 19.5. The van der Waals surface area contributed by atoms with Crippen molar-refractivity contribution in [1.82, 2.24) is 0 Å². The van der Waals surface area contributed by atoms with Gasteiger partial charge in [-0.3, -0.25) is 14.4 Å². The zero-order valence-corrected chi connectivity index (χ0v) is 19.5. The fraction of sp³-hybridized carbons (Fsp3) is 0.720. The molecule has 3 fully saturated rings. The number of hydrogen-bond acceptors (Lipinski definition) is 5. The molecule has 0 aromatic heterocycles. The number of hydrogen-bond donors (Lipinski definition) is 0. The Morgan fingerprint density at radius 3 is 2.27 bits per heavy atom. The van der Waals surface area contributed by atoms with Crippen LogP contribution in [0.1, 0.15) is 72.6 Å². The van der Waals surface area contributed by atoms with E-state index in [-0.39, 0.29) is 47.2 Å². The van der Waals surface area contributed by atoms with Crippen molar-refractivity contribution in [2.45, 2.75) is 84.9 Å². The second-order valence-electron chi connectivity index (χ2n) is 10.6. The molecule has 0 unspecified atom stereocenters. The molecule has 0 saturated heterocycles. The summed E-state index contributed by atoms with van der Waals surface area (Å²) >= 11 is 0. The second kappa shape index (κ2) is 7.98. The molecule has 5 nitrogen and oxygen atoms in total. The largest absolute Gasteiger partial charge is 0.462 e. The first kappa shape index (κ1) is 24.0. The summed E-state index contributed by atoms with van der Waals surface area (Å²) < 4.78 is 51.1. The molecule has 8 heteroatoms. The van der Waals surface area contributed by atoms with E-state index in [9.17, 15) is 27.6 Å². The van der Waals surface area contributed by atoms with Crippen molar-refractivity contribution in [1.29, 1.82) is 0 Å². The van der Waals surface area contributed by atoms with Gasteiger partial charge in [-0.25, -0.2) is 0 Å². The molecule has 0 aromatic carbocycles. The summed E-state index contributed by atoms with van der Waals surface area (Å²) in [5.74, 6) is -3.23. The Kier molecular flexibility index (Phi) is 5.81. The van der Waals surface area contributed by atoms with Crippen LogP contribution in [0.5, 0.6) is 0 Å². The van der Waals surface area contributed by atoms with E-state index >= 15 is 0 Å². The number of carbonyl (C=O) groups excluding carboxylic acids is 3. The molecule has 4 aliphatic carbocycles. The highest BCUT2D eigenvalue weighted by Crippen LogP contribution is 2.65. The minimum Gasteiger partial charge on any atom is -0.462 e. The molecule has 0 radical (unpaired) electrons. The van der Waals surface area contributed by atoms with Gasteiger partial charge in [0.25, 0.3) is 0 Å². The van der Waals surface area contributed by atoms with Crippen LogP contribution in [0.25, 0.3) is 0 Å². The number of ether oxygens (including phenoxy) is 2. The average Bonchev–Trinajstić information content (AvgIpc) is 2.96. The SMILES string of the molecule is CC(=O)OC(=C1C[C@H]2[C@@H]3CC=C4C[C@@H](OC(C)=O)CC[C@]4(C)[C@H]3CC[C@]2(C)C1=O)C(F)(F)F. The first-order chi connectivity index (χ1) is 15.3. The molecule has 4 rings (SSSR count). The average molecular weight is 469 g/mol. The summed E-state index contributed by atoms with van der Waals surface area (Å²) in [6, 6.07) is 0. The van der Waals surface area contributed by atoms with Crippen molar-refractivity contribution in [2.75, 3.05) is 0 Å². The zero-order chi connectivity index (χ0) is 24.3. The highest BCUT2D eigenvalue weighted by molar-refractivity contribution is 6.03. The molecular formula is C25H31F3O5. The van der Waals surface area contributed by atoms with E-state index in [0.717, 1.165) is 26.2 Å². The maximum atomic E-state index is 13.7. The standard InChI is InChI=1S/C25H31F3O5/c1-13(29)32-16-7-9-23(3)15(11-16)5-6-17-19(23)8-10-24(4)20(17)12-18(21(24)31)22(25(26,27)28)33-14(2)30/h5,16-17,19-20H,6-12H2,1-4H3/t16-,17+,19-,20-,23-,24-/m0/s1. The molecule has 0 amide bonds. The monoisotopic (exact) mass is 468 g/mol. The first-order valence-electron chi connectivity index (χ1n) is 11.7. The Labute approximate surface area is 191 Å². The summed E-state index contributed by atoms with van der Waals surface area (Å²) in [4.78, 5) is 36.1. The van der Waals surface area contributed by atoms with Crippen LogP contribution in [0.2, 0.25) is 0 Å². The van der Waals surface area contributed by atoms with Gasteiger partial charge in [0.05, 0.1) is 0 Å². The van der Waals surface area contributed by atoms with Crippen molar-refractivity contribution in [3.05, 3.63) is 23.0 Å². The topological polar surface area (TPSA) is 69.7 Å². The Morgan fingerprint density at radius 1 is 1.00 bits per heavy atom. The Morgan fingerprint density at radius 2 is 1.67 bits per heavy atom. The molecule has 3 saturated carbocycles. The van der Waals surface area contributed by atoms with Crippen LogP contribution in [0.3, 0.4) is 0 Å². The molecule has 0 aliphatic heterocycles. The smallest absolute Gasteiger partial charge is 0.450 e. The van der Waals surface area contributed by atoms with E-state index in [1.807, 2.05) is 0 Å². The predicted octanol–water partition coefficient (Wildman–Crippen LogP) is 5.44. The summed E-state index contributed by atoms with van der Waals surface area (Å²) in [6.45, 7) is 6.32. The normalized spacial score (nSPS) is 39.6. The quantitative estimate of drug-likeness (QED) is 0.234. The third-order valence-corrected chi connectivity index (χ3v) is 8.78. The van der Waals surface area contributed by atoms with E-state index in [1.165, 1.54) is 12.5 Å². The van der Waals surface area contributed by atoms with Crippen molar-refractivity contribution in [3.8, 4) is 0 Å². The van der Waals surface area contributed by atoms with Crippen molar-refractivity contribution < 1.29 is 37.0 Å². The summed E-state index contributed by atoms with van der Waals surface area (Å²) in [5.41, 5.74) is -0.117. The van der Waals surface area contributed by atoms with Gasteiger partial charge in [0.2, 0.25) is 5.76 Å². The highest BCUT2D eigenvalue weighted by atomic mass is 19.4. The fourth-order valence-corrected chi connectivity index (χ4v) is 7.23. The molecule has 6 atom stereocenters. The molecule has 0 heterocycles. The van der Waals surface area contributed by atoms with E-state index in [1.54, 1.807) is 6.92 Å². The van der Waals surface area contributed by atoms with Gasteiger partial charge in [0.15, 0.2) is 5.78 Å².